The Hall–Kier alpha value is -1.78. The molecule has 0 aliphatic heterocycles. The van der Waals surface area contributed by atoms with Crippen LogP contribution in [0.2, 0.25) is 5.02 Å². The molecule has 0 unspecified atom stereocenters. The van der Waals surface area contributed by atoms with Crippen molar-refractivity contribution >= 4 is 33.0 Å². The molecule has 0 atom stereocenters. The third-order valence-corrected chi connectivity index (χ3v) is 3.52. The molecule has 1 rings (SSSR count). The quantitative estimate of drug-likeness (QED) is 0.652. The SMILES string of the molecule is Cc1c(S(N)(=O)=O)cc([N+](=O)[O-])c(Cl)c1[N+](=O)[O-]. The van der Waals surface area contributed by atoms with Crippen molar-refractivity contribution in [3.63, 3.8) is 0 Å². The molecule has 2 N–H and O–H groups in total. The molecule has 0 saturated carbocycles. The van der Waals surface area contributed by atoms with E-state index in [1.165, 1.54) is 0 Å². The van der Waals surface area contributed by atoms with Crippen LogP contribution in [0.4, 0.5) is 11.4 Å². The van der Waals surface area contributed by atoms with Crippen molar-refractivity contribution in [1.82, 2.24) is 0 Å². The van der Waals surface area contributed by atoms with Crippen LogP contribution in [0.15, 0.2) is 11.0 Å². The minimum atomic E-state index is -4.33. The first-order chi connectivity index (χ1) is 8.07. The molecule has 0 spiro atoms. The predicted octanol–water partition coefficient (Wildman–Crippen LogP) is 1.11. The highest BCUT2D eigenvalue weighted by Gasteiger charge is 2.32. The third kappa shape index (κ3) is 2.39. The lowest BCUT2D eigenvalue weighted by molar-refractivity contribution is -0.394. The Bertz CT molecular complexity index is 656. The highest BCUT2D eigenvalue weighted by molar-refractivity contribution is 7.89. The van der Waals surface area contributed by atoms with Crippen LogP contribution in [-0.4, -0.2) is 18.3 Å². The summed E-state index contributed by atoms with van der Waals surface area (Å²) in [6.07, 6.45) is 0. The minimum Gasteiger partial charge on any atom is -0.258 e. The number of benzene rings is 1. The van der Waals surface area contributed by atoms with E-state index in [1.807, 2.05) is 0 Å². The molecule has 98 valence electrons. The number of hydrogen-bond donors (Lipinski definition) is 1. The lowest BCUT2D eigenvalue weighted by Gasteiger charge is -2.06. The number of nitrogens with two attached hydrogens (primary N) is 1. The maximum Gasteiger partial charge on any atom is 0.299 e. The lowest BCUT2D eigenvalue weighted by atomic mass is 10.2. The Morgan fingerprint density at radius 1 is 1.28 bits per heavy atom. The van der Waals surface area contributed by atoms with Crippen LogP contribution in [0.25, 0.3) is 0 Å². The van der Waals surface area contributed by atoms with E-state index < -0.39 is 41.2 Å². The monoisotopic (exact) mass is 295 g/mol. The molecule has 18 heavy (non-hydrogen) atoms. The number of sulfonamides is 1. The predicted molar refractivity (Wildman–Crippen MR) is 60.9 cm³/mol. The van der Waals surface area contributed by atoms with Crippen molar-refractivity contribution in [2.75, 3.05) is 0 Å². The molecule has 0 radical (unpaired) electrons. The van der Waals surface area contributed by atoms with Crippen molar-refractivity contribution in [2.24, 2.45) is 5.14 Å². The molecule has 1 aromatic rings. The Labute approximate surface area is 106 Å². The van der Waals surface area contributed by atoms with Crippen molar-refractivity contribution in [3.05, 3.63) is 36.9 Å². The Kier molecular flexibility index (Phi) is 3.55. The lowest BCUT2D eigenvalue weighted by Crippen LogP contribution is -2.15. The summed E-state index contributed by atoms with van der Waals surface area (Å²) in [6.45, 7) is 1.09. The minimum absolute atomic E-state index is 0.349. The molecule has 0 aromatic heterocycles. The van der Waals surface area contributed by atoms with Crippen LogP contribution in [0.1, 0.15) is 5.56 Å². The number of primary sulfonamides is 1. The maximum atomic E-state index is 11.2. The average molecular weight is 296 g/mol. The van der Waals surface area contributed by atoms with Crippen LogP contribution >= 0.6 is 11.6 Å². The summed E-state index contributed by atoms with van der Waals surface area (Å²) < 4.78 is 22.4. The molecule has 0 saturated heterocycles. The summed E-state index contributed by atoms with van der Waals surface area (Å²) in [6, 6.07) is 0.597. The van der Waals surface area contributed by atoms with Gasteiger partial charge in [-0.3, -0.25) is 20.2 Å². The van der Waals surface area contributed by atoms with Crippen LogP contribution in [0, 0.1) is 27.2 Å². The molecule has 9 nitrogen and oxygen atoms in total. The zero-order chi connectivity index (χ0) is 14.2. The molecule has 11 heteroatoms. The fourth-order valence-corrected chi connectivity index (χ4v) is 2.48. The van der Waals surface area contributed by atoms with Gasteiger partial charge in [0.25, 0.3) is 11.4 Å². The summed E-state index contributed by atoms with van der Waals surface area (Å²) in [5.41, 5.74) is -2.09. The summed E-state index contributed by atoms with van der Waals surface area (Å²) in [5.74, 6) is 0. The van der Waals surface area contributed by atoms with E-state index >= 15 is 0 Å². The second kappa shape index (κ2) is 4.48. The van der Waals surface area contributed by atoms with Gasteiger partial charge in [-0.15, -0.1) is 0 Å². The number of nitro groups is 2. The van der Waals surface area contributed by atoms with Crippen LogP contribution in [0.5, 0.6) is 0 Å². The Morgan fingerprint density at radius 3 is 2.11 bits per heavy atom. The van der Waals surface area contributed by atoms with E-state index in [2.05, 4.69) is 0 Å². The van der Waals surface area contributed by atoms with Gasteiger partial charge in [0.2, 0.25) is 10.0 Å². The van der Waals surface area contributed by atoms with E-state index in [4.69, 9.17) is 16.7 Å². The van der Waals surface area contributed by atoms with Gasteiger partial charge in [0.15, 0.2) is 5.02 Å². The van der Waals surface area contributed by atoms with E-state index in [0.717, 1.165) is 6.92 Å². The topological polar surface area (TPSA) is 146 Å². The molecular weight excluding hydrogens is 290 g/mol. The first-order valence-corrected chi connectivity index (χ1v) is 6.14. The van der Waals surface area contributed by atoms with Gasteiger partial charge in [-0.05, 0) is 6.92 Å². The standard InChI is InChI=1S/C7H6ClN3O6S/c1-3-5(18(9,16)17)2-4(10(12)13)6(8)7(3)11(14)15/h2H,1H3,(H2,9,16,17). The van der Waals surface area contributed by atoms with Crippen molar-refractivity contribution in [3.8, 4) is 0 Å². The van der Waals surface area contributed by atoms with Gasteiger partial charge in [0.1, 0.15) is 0 Å². The van der Waals surface area contributed by atoms with E-state index in [9.17, 15) is 28.6 Å². The number of nitro benzene ring substituents is 2. The number of halogens is 1. The second-order valence-corrected chi connectivity index (χ2v) is 5.15. The highest BCUT2D eigenvalue weighted by Crippen LogP contribution is 2.39. The molecule has 0 heterocycles. The van der Waals surface area contributed by atoms with Gasteiger partial charge in [0, 0.05) is 11.6 Å². The number of hydrogen-bond acceptors (Lipinski definition) is 6. The van der Waals surface area contributed by atoms with Gasteiger partial charge in [-0.2, -0.15) is 0 Å². The number of rotatable bonds is 3. The summed E-state index contributed by atoms with van der Waals surface area (Å²) in [4.78, 5) is 18.7. The first-order valence-electron chi connectivity index (χ1n) is 4.22. The highest BCUT2D eigenvalue weighted by atomic mass is 35.5. The van der Waals surface area contributed by atoms with Gasteiger partial charge >= 0.3 is 0 Å². The van der Waals surface area contributed by atoms with Gasteiger partial charge in [0.05, 0.1) is 14.7 Å². The van der Waals surface area contributed by atoms with Crippen molar-refractivity contribution in [1.29, 1.82) is 0 Å². The second-order valence-electron chi connectivity index (χ2n) is 3.24. The molecule has 0 bridgehead atoms. The zero-order valence-electron chi connectivity index (χ0n) is 8.78. The molecule has 0 aliphatic rings. The van der Waals surface area contributed by atoms with Gasteiger partial charge in [-0.25, -0.2) is 13.6 Å². The van der Waals surface area contributed by atoms with Crippen LogP contribution < -0.4 is 5.14 Å². The number of nitrogens with zero attached hydrogens (tertiary/aromatic N) is 2. The summed E-state index contributed by atoms with van der Waals surface area (Å²) in [7, 11) is -4.33. The van der Waals surface area contributed by atoms with E-state index in [1.54, 1.807) is 0 Å². The average Bonchev–Trinajstić information content (AvgIpc) is 2.13. The maximum absolute atomic E-state index is 11.2. The van der Waals surface area contributed by atoms with Gasteiger partial charge in [-0.1, -0.05) is 11.6 Å². The van der Waals surface area contributed by atoms with E-state index in [-0.39, 0.29) is 5.56 Å². The molecule has 0 amide bonds. The third-order valence-electron chi connectivity index (χ3n) is 2.11. The van der Waals surface area contributed by atoms with Crippen molar-refractivity contribution < 1.29 is 18.3 Å². The smallest absolute Gasteiger partial charge is 0.258 e. The molecular formula is C7H6ClN3O6S. The van der Waals surface area contributed by atoms with Gasteiger partial charge < -0.3 is 0 Å². The van der Waals surface area contributed by atoms with Crippen LogP contribution in [0.3, 0.4) is 0 Å². The largest absolute Gasteiger partial charge is 0.299 e. The summed E-state index contributed by atoms with van der Waals surface area (Å²) >= 11 is 5.51. The molecule has 1 aromatic carbocycles. The Balaban J connectivity index is 3.90. The van der Waals surface area contributed by atoms with E-state index in [0.29, 0.717) is 6.07 Å². The van der Waals surface area contributed by atoms with Crippen molar-refractivity contribution in [2.45, 2.75) is 11.8 Å². The summed E-state index contributed by atoms with van der Waals surface area (Å²) in [5, 5.41) is 25.5. The zero-order valence-corrected chi connectivity index (χ0v) is 10.4. The Morgan fingerprint density at radius 2 is 1.78 bits per heavy atom. The molecule has 0 aliphatic carbocycles. The normalized spacial score (nSPS) is 11.3. The molecule has 0 fully saturated rings. The fourth-order valence-electron chi connectivity index (χ4n) is 1.34. The fraction of sp³-hybridized carbons (Fsp3) is 0.143. The van der Waals surface area contributed by atoms with Crippen LogP contribution in [-0.2, 0) is 10.0 Å². The first kappa shape index (κ1) is 14.3.